The number of para-hydroxylation sites is 1. The summed E-state index contributed by atoms with van der Waals surface area (Å²) in [6, 6.07) is 11.3. The predicted octanol–water partition coefficient (Wildman–Crippen LogP) is 3.39. The van der Waals surface area contributed by atoms with Gasteiger partial charge in [0.25, 0.3) is 5.91 Å². The van der Waals surface area contributed by atoms with E-state index in [0.29, 0.717) is 11.6 Å². The standard InChI is InChI=1S/C16H19N3O/c1-3-12(4-2)11-17-19-16(20)15-10-9-13-7-5-6-8-14(13)18-15/h5-12H,3-4H2,1-2H3,(H,19,20)/b17-11+. The molecule has 1 aromatic heterocycles. The Balaban J connectivity index is 2.07. The number of hydrogen-bond donors (Lipinski definition) is 1. The van der Waals surface area contributed by atoms with E-state index in [1.807, 2.05) is 30.3 Å². The molecular formula is C16H19N3O. The maximum absolute atomic E-state index is 12.0. The normalized spacial score (nSPS) is 11.3. The number of aromatic nitrogens is 1. The summed E-state index contributed by atoms with van der Waals surface area (Å²) >= 11 is 0. The van der Waals surface area contributed by atoms with Gasteiger partial charge in [0, 0.05) is 11.6 Å². The first-order valence-corrected chi connectivity index (χ1v) is 6.94. The van der Waals surface area contributed by atoms with Crippen molar-refractivity contribution in [3.8, 4) is 0 Å². The van der Waals surface area contributed by atoms with Crippen molar-refractivity contribution >= 4 is 23.0 Å². The monoisotopic (exact) mass is 269 g/mol. The van der Waals surface area contributed by atoms with Crippen LogP contribution in [0.3, 0.4) is 0 Å². The van der Waals surface area contributed by atoms with E-state index >= 15 is 0 Å². The highest BCUT2D eigenvalue weighted by Crippen LogP contribution is 2.11. The molecule has 0 bridgehead atoms. The number of nitrogens with zero attached hydrogens (tertiary/aromatic N) is 2. The summed E-state index contributed by atoms with van der Waals surface area (Å²) in [5.74, 6) is 0.123. The van der Waals surface area contributed by atoms with Crippen LogP contribution in [0.15, 0.2) is 41.5 Å². The Morgan fingerprint density at radius 3 is 2.75 bits per heavy atom. The van der Waals surface area contributed by atoms with Crippen LogP contribution < -0.4 is 5.43 Å². The van der Waals surface area contributed by atoms with E-state index in [1.54, 1.807) is 12.3 Å². The molecule has 0 unspecified atom stereocenters. The summed E-state index contributed by atoms with van der Waals surface area (Å²) in [7, 11) is 0. The van der Waals surface area contributed by atoms with Gasteiger partial charge in [-0.15, -0.1) is 0 Å². The molecule has 0 aliphatic rings. The first-order valence-electron chi connectivity index (χ1n) is 6.94. The molecule has 0 atom stereocenters. The molecule has 0 fully saturated rings. The van der Waals surface area contributed by atoms with Gasteiger partial charge in [-0.05, 0) is 30.9 Å². The molecule has 0 aliphatic heterocycles. The Kier molecular flexibility index (Phi) is 4.82. The van der Waals surface area contributed by atoms with Gasteiger partial charge in [-0.2, -0.15) is 5.10 Å². The average molecular weight is 269 g/mol. The van der Waals surface area contributed by atoms with Crippen LogP contribution in [0.2, 0.25) is 0 Å². The number of pyridine rings is 1. The second kappa shape index (κ2) is 6.80. The fourth-order valence-electron chi connectivity index (χ4n) is 1.95. The molecule has 1 heterocycles. The number of rotatable bonds is 5. The van der Waals surface area contributed by atoms with Crippen molar-refractivity contribution in [1.82, 2.24) is 10.4 Å². The molecule has 0 saturated heterocycles. The van der Waals surface area contributed by atoms with Crippen LogP contribution in [-0.2, 0) is 0 Å². The van der Waals surface area contributed by atoms with Crippen LogP contribution in [0.4, 0.5) is 0 Å². The highest BCUT2D eigenvalue weighted by atomic mass is 16.2. The van der Waals surface area contributed by atoms with Crippen molar-refractivity contribution in [3.63, 3.8) is 0 Å². The molecule has 0 saturated carbocycles. The minimum Gasteiger partial charge on any atom is -0.266 e. The van der Waals surface area contributed by atoms with Gasteiger partial charge in [-0.3, -0.25) is 4.79 Å². The smallest absolute Gasteiger partial charge is 0.266 e. The van der Waals surface area contributed by atoms with Gasteiger partial charge in [0.15, 0.2) is 0 Å². The lowest BCUT2D eigenvalue weighted by molar-refractivity contribution is 0.0950. The molecule has 20 heavy (non-hydrogen) atoms. The minimum atomic E-state index is -0.280. The number of fused-ring (bicyclic) bond motifs is 1. The van der Waals surface area contributed by atoms with Crippen molar-refractivity contribution in [3.05, 3.63) is 42.1 Å². The predicted molar refractivity (Wildman–Crippen MR) is 81.8 cm³/mol. The zero-order valence-corrected chi connectivity index (χ0v) is 11.8. The van der Waals surface area contributed by atoms with Gasteiger partial charge in [0.05, 0.1) is 5.52 Å². The van der Waals surface area contributed by atoms with E-state index in [1.165, 1.54) is 0 Å². The lowest BCUT2D eigenvalue weighted by Gasteiger charge is -2.05. The number of hydrogen-bond acceptors (Lipinski definition) is 3. The van der Waals surface area contributed by atoms with Gasteiger partial charge in [0.1, 0.15) is 5.69 Å². The maximum Gasteiger partial charge on any atom is 0.289 e. The Bertz CT molecular complexity index is 618. The van der Waals surface area contributed by atoms with Crippen molar-refractivity contribution < 1.29 is 4.79 Å². The molecule has 4 heteroatoms. The summed E-state index contributed by atoms with van der Waals surface area (Å²) in [6.07, 6.45) is 3.83. The quantitative estimate of drug-likeness (QED) is 0.668. The minimum absolute atomic E-state index is 0.280. The van der Waals surface area contributed by atoms with Crippen molar-refractivity contribution in [2.24, 2.45) is 11.0 Å². The van der Waals surface area contributed by atoms with E-state index in [2.05, 4.69) is 29.4 Å². The number of carbonyl (C=O) groups excluding carboxylic acids is 1. The van der Waals surface area contributed by atoms with E-state index in [4.69, 9.17) is 0 Å². The average Bonchev–Trinajstić information content (AvgIpc) is 2.51. The van der Waals surface area contributed by atoms with E-state index in [9.17, 15) is 4.79 Å². The second-order valence-corrected chi connectivity index (χ2v) is 4.68. The van der Waals surface area contributed by atoms with Crippen LogP contribution in [0.5, 0.6) is 0 Å². The van der Waals surface area contributed by atoms with Gasteiger partial charge < -0.3 is 0 Å². The molecule has 1 aromatic carbocycles. The third-order valence-corrected chi connectivity index (χ3v) is 3.33. The molecule has 2 aromatic rings. The largest absolute Gasteiger partial charge is 0.289 e. The van der Waals surface area contributed by atoms with E-state index < -0.39 is 0 Å². The molecular weight excluding hydrogens is 250 g/mol. The topological polar surface area (TPSA) is 54.4 Å². The highest BCUT2D eigenvalue weighted by molar-refractivity contribution is 5.95. The van der Waals surface area contributed by atoms with E-state index in [-0.39, 0.29) is 5.91 Å². The Morgan fingerprint density at radius 1 is 1.25 bits per heavy atom. The Labute approximate surface area is 118 Å². The summed E-state index contributed by atoms with van der Waals surface area (Å²) < 4.78 is 0. The van der Waals surface area contributed by atoms with E-state index in [0.717, 1.165) is 23.7 Å². The summed E-state index contributed by atoms with van der Waals surface area (Å²) in [4.78, 5) is 16.3. The molecule has 0 radical (unpaired) electrons. The number of nitrogens with one attached hydrogen (secondary N) is 1. The second-order valence-electron chi connectivity index (χ2n) is 4.68. The van der Waals surface area contributed by atoms with Crippen molar-refractivity contribution in [2.75, 3.05) is 0 Å². The molecule has 1 amide bonds. The fraction of sp³-hybridized carbons (Fsp3) is 0.312. The Hall–Kier alpha value is -2.23. The summed E-state index contributed by atoms with van der Waals surface area (Å²) in [5, 5.41) is 5.02. The SMILES string of the molecule is CCC(/C=N/NC(=O)c1ccc2ccccc2n1)CC. The molecule has 0 spiro atoms. The third-order valence-electron chi connectivity index (χ3n) is 3.33. The number of amides is 1. The first-order chi connectivity index (χ1) is 9.74. The van der Waals surface area contributed by atoms with Gasteiger partial charge >= 0.3 is 0 Å². The van der Waals surface area contributed by atoms with Crippen molar-refractivity contribution in [1.29, 1.82) is 0 Å². The molecule has 0 aliphatic carbocycles. The zero-order chi connectivity index (χ0) is 14.4. The zero-order valence-electron chi connectivity index (χ0n) is 11.8. The number of carbonyl (C=O) groups is 1. The van der Waals surface area contributed by atoms with Crippen LogP contribution in [0, 0.1) is 5.92 Å². The molecule has 1 N–H and O–H groups in total. The lowest BCUT2D eigenvalue weighted by Crippen LogP contribution is -2.19. The van der Waals surface area contributed by atoms with Gasteiger partial charge in [-0.1, -0.05) is 38.1 Å². The Morgan fingerprint density at radius 2 is 2.00 bits per heavy atom. The maximum atomic E-state index is 12.0. The number of benzene rings is 1. The molecule has 4 nitrogen and oxygen atoms in total. The summed E-state index contributed by atoms with van der Waals surface area (Å²) in [5.41, 5.74) is 3.72. The molecule has 104 valence electrons. The van der Waals surface area contributed by atoms with Crippen LogP contribution in [0.25, 0.3) is 10.9 Å². The van der Waals surface area contributed by atoms with Crippen LogP contribution in [0.1, 0.15) is 37.2 Å². The highest BCUT2D eigenvalue weighted by Gasteiger charge is 2.07. The van der Waals surface area contributed by atoms with Gasteiger partial charge in [0.2, 0.25) is 0 Å². The fourth-order valence-corrected chi connectivity index (χ4v) is 1.95. The van der Waals surface area contributed by atoms with Crippen LogP contribution >= 0.6 is 0 Å². The first kappa shape index (κ1) is 14.2. The van der Waals surface area contributed by atoms with Gasteiger partial charge in [-0.25, -0.2) is 10.4 Å². The van der Waals surface area contributed by atoms with Crippen molar-refractivity contribution in [2.45, 2.75) is 26.7 Å². The number of hydrazone groups is 1. The third kappa shape index (κ3) is 3.41. The molecule has 2 rings (SSSR count). The summed E-state index contributed by atoms with van der Waals surface area (Å²) in [6.45, 7) is 4.21. The lowest BCUT2D eigenvalue weighted by atomic mass is 10.1. The van der Waals surface area contributed by atoms with Crippen LogP contribution in [-0.4, -0.2) is 17.1 Å².